The molecule has 5 rings (SSSR count). The average molecular weight is 425 g/mol. The molecule has 0 spiro atoms. The third-order valence-corrected chi connectivity index (χ3v) is 6.27. The van der Waals surface area contributed by atoms with Crippen LogP contribution in [0.2, 0.25) is 0 Å². The van der Waals surface area contributed by atoms with Crippen LogP contribution in [-0.2, 0) is 4.79 Å². The van der Waals surface area contributed by atoms with Crippen molar-refractivity contribution in [2.24, 2.45) is 0 Å². The van der Waals surface area contributed by atoms with Gasteiger partial charge in [-0.15, -0.1) is 0 Å². The van der Waals surface area contributed by atoms with E-state index in [-0.39, 0.29) is 5.91 Å². The number of anilines is 2. The van der Waals surface area contributed by atoms with E-state index >= 15 is 0 Å². The van der Waals surface area contributed by atoms with Crippen LogP contribution in [0.15, 0.2) is 78.9 Å². The first-order valence-electron chi connectivity index (χ1n) is 11.3. The summed E-state index contributed by atoms with van der Waals surface area (Å²) in [5.74, 6) is 1.58. The lowest BCUT2D eigenvalue weighted by Gasteiger charge is -2.32. The average Bonchev–Trinajstić information content (AvgIpc) is 3.24. The number of fused-ring (bicyclic) bond motifs is 1. The van der Waals surface area contributed by atoms with E-state index in [2.05, 4.69) is 35.0 Å². The predicted octanol–water partition coefficient (Wildman–Crippen LogP) is 5.42. The molecule has 5 heteroatoms. The molecule has 1 aliphatic heterocycles. The summed E-state index contributed by atoms with van der Waals surface area (Å²) >= 11 is 0. The molecule has 1 N–H and O–H groups in total. The quantitative estimate of drug-likeness (QED) is 0.466. The number of carbonyl (C=O) groups is 1. The predicted molar refractivity (Wildman–Crippen MR) is 129 cm³/mol. The maximum atomic E-state index is 13.4. The lowest BCUT2D eigenvalue weighted by molar-refractivity contribution is -0.119. The number of para-hydroxylation sites is 2. The summed E-state index contributed by atoms with van der Waals surface area (Å²) in [6.45, 7) is 4.30. The molecule has 1 saturated heterocycles. The Kier molecular flexibility index (Phi) is 5.73. The standard InChI is InChI=1S/C27H28N4O/c1-20-12-13-24-25(18-20)29-27(28-24)21-14-16-30(17-15-21)19-26(32)31(22-8-4-2-5-9-22)23-10-6-3-7-11-23/h2-13,18,21H,14-17,19H2,1H3,(H,28,29). The molecule has 162 valence electrons. The fraction of sp³-hybridized carbons (Fsp3) is 0.259. The largest absolute Gasteiger partial charge is 0.342 e. The zero-order valence-electron chi connectivity index (χ0n) is 18.4. The second-order valence-electron chi connectivity index (χ2n) is 8.59. The number of nitrogens with one attached hydrogen (secondary N) is 1. The number of likely N-dealkylation sites (tertiary alicyclic amines) is 1. The maximum absolute atomic E-state index is 13.4. The molecule has 1 fully saturated rings. The summed E-state index contributed by atoms with van der Waals surface area (Å²) in [5, 5.41) is 0. The second-order valence-corrected chi connectivity index (χ2v) is 8.59. The Morgan fingerprint density at radius 1 is 0.969 bits per heavy atom. The monoisotopic (exact) mass is 424 g/mol. The molecule has 0 saturated carbocycles. The van der Waals surface area contributed by atoms with Crippen molar-refractivity contribution in [2.45, 2.75) is 25.7 Å². The van der Waals surface area contributed by atoms with Gasteiger partial charge in [0.05, 0.1) is 17.6 Å². The highest BCUT2D eigenvalue weighted by Gasteiger charge is 2.26. The Balaban J connectivity index is 1.26. The smallest absolute Gasteiger partial charge is 0.245 e. The van der Waals surface area contributed by atoms with Gasteiger partial charge in [-0.1, -0.05) is 42.5 Å². The number of aromatic nitrogens is 2. The molecule has 0 aliphatic carbocycles. The van der Waals surface area contributed by atoms with E-state index in [1.807, 2.05) is 65.6 Å². The Morgan fingerprint density at radius 3 is 2.22 bits per heavy atom. The van der Waals surface area contributed by atoms with Crippen LogP contribution in [0.5, 0.6) is 0 Å². The maximum Gasteiger partial charge on any atom is 0.245 e. The van der Waals surface area contributed by atoms with E-state index in [1.54, 1.807) is 0 Å². The number of imidazole rings is 1. The molecular formula is C27H28N4O. The first kappa shape index (κ1) is 20.5. The van der Waals surface area contributed by atoms with Gasteiger partial charge in [0.2, 0.25) is 5.91 Å². The van der Waals surface area contributed by atoms with Crippen molar-refractivity contribution in [3.63, 3.8) is 0 Å². The van der Waals surface area contributed by atoms with E-state index in [0.717, 1.165) is 54.2 Å². The van der Waals surface area contributed by atoms with Gasteiger partial charge in [0, 0.05) is 17.3 Å². The Morgan fingerprint density at radius 2 is 1.59 bits per heavy atom. The minimum atomic E-state index is 0.0973. The van der Waals surface area contributed by atoms with Crippen LogP contribution < -0.4 is 4.90 Å². The zero-order valence-corrected chi connectivity index (χ0v) is 18.4. The number of hydrogen-bond acceptors (Lipinski definition) is 3. The lowest BCUT2D eigenvalue weighted by Crippen LogP contribution is -2.41. The fourth-order valence-electron chi connectivity index (χ4n) is 4.55. The van der Waals surface area contributed by atoms with E-state index in [9.17, 15) is 4.79 Å². The summed E-state index contributed by atoms with van der Waals surface area (Å²) in [4.78, 5) is 25.8. The van der Waals surface area contributed by atoms with Crippen LogP contribution in [0.3, 0.4) is 0 Å². The van der Waals surface area contributed by atoms with Gasteiger partial charge in [-0.05, 0) is 74.8 Å². The van der Waals surface area contributed by atoms with Crippen molar-refractivity contribution >= 4 is 28.3 Å². The minimum absolute atomic E-state index is 0.0973. The molecule has 0 radical (unpaired) electrons. The third kappa shape index (κ3) is 4.30. The third-order valence-electron chi connectivity index (χ3n) is 6.27. The van der Waals surface area contributed by atoms with Gasteiger partial charge in [0.15, 0.2) is 0 Å². The lowest BCUT2D eigenvalue weighted by atomic mass is 9.96. The molecule has 5 nitrogen and oxygen atoms in total. The molecule has 0 unspecified atom stereocenters. The van der Waals surface area contributed by atoms with Gasteiger partial charge in [0.1, 0.15) is 5.82 Å². The van der Waals surface area contributed by atoms with Crippen molar-refractivity contribution in [3.05, 3.63) is 90.3 Å². The summed E-state index contributed by atoms with van der Waals surface area (Å²) in [6, 6.07) is 26.1. The normalized spacial score (nSPS) is 15.2. The molecular weight excluding hydrogens is 396 g/mol. The van der Waals surface area contributed by atoms with Crippen molar-refractivity contribution in [1.29, 1.82) is 0 Å². The molecule has 32 heavy (non-hydrogen) atoms. The first-order valence-corrected chi connectivity index (χ1v) is 11.3. The highest BCUT2D eigenvalue weighted by atomic mass is 16.2. The molecule has 4 aromatic rings. The van der Waals surface area contributed by atoms with E-state index in [4.69, 9.17) is 4.98 Å². The highest BCUT2D eigenvalue weighted by molar-refractivity contribution is 6.01. The van der Waals surface area contributed by atoms with Crippen LogP contribution in [-0.4, -0.2) is 40.4 Å². The Hall–Kier alpha value is -3.44. The van der Waals surface area contributed by atoms with Crippen molar-refractivity contribution < 1.29 is 4.79 Å². The van der Waals surface area contributed by atoms with Crippen LogP contribution in [0, 0.1) is 6.92 Å². The molecule has 1 aromatic heterocycles. The van der Waals surface area contributed by atoms with Crippen LogP contribution in [0.4, 0.5) is 11.4 Å². The SMILES string of the molecule is Cc1ccc2nc(C3CCN(CC(=O)N(c4ccccc4)c4ccccc4)CC3)[nH]c2c1. The number of nitrogens with zero attached hydrogens (tertiary/aromatic N) is 3. The second kappa shape index (κ2) is 8.97. The number of aromatic amines is 1. The molecule has 1 aliphatic rings. The van der Waals surface area contributed by atoms with Gasteiger partial charge in [-0.3, -0.25) is 14.6 Å². The van der Waals surface area contributed by atoms with Gasteiger partial charge >= 0.3 is 0 Å². The highest BCUT2D eigenvalue weighted by Crippen LogP contribution is 2.29. The van der Waals surface area contributed by atoms with Gasteiger partial charge in [-0.2, -0.15) is 0 Å². The summed E-state index contributed by atoms with van der Waals surface area (Å²) in [5.41, 5.74) is 5.18. The molecule has 3 aromatic carbocycles. The van der Waals surface area contributed by atoms with E-state index < -0.39 is 0 Å². The number of piperidine rings is 1. The topological polar surface area (TPSA) is 52.2 Å². The molecule has 1 amide bonds. The van der Waals surface area contributed by atoms with Crippen LogP contribution in [0.1, 0.15) is 30.1 Å². The summed E-state index contributed by atoms with van der Waals surface area (Å²) in [6.07, 6.45) is 2.01. The number of aryl methyl sites for hydroxylation is 1. The van der Waals surface area contributed by atoms with E-state index in [0.29, 0.717) is 12.5 Å². The molecule has 0 bridgehead atoms. The number of rotatable bonds is 5. The van der Waals surface area contributed by atoms with Gasteiger partial charge in [0.25, 0.3) is 0 Å². The minimum Gasteiger partial charge on any atom is -0.342 e. The summed E-state index contributed by atoms with van der Waals surface area (Å²) < 4.78 is 0. The number of hydrogen-bond donors (Lipinski definition) is 1. The van der Waals surface area contributed by atoms with E-state index in [1.165, 1.54) is 5.56 Å². The zero-order chi connectivity index (χ0) is 21.9. The summed E-state index contributed by atoms with van der Waals surface area (Å²) in [7, 11) is 0. The van der Waals surface area contributed by atoms with Crippen molar-refractivity contribution in [3.8, 4) is 0 Å². The van der Waals surface area contributed by atoms with Gasteiger partial charge < -0.3 is 4.98 Å². The Bertz CT molecular complexity index is 1150. The van der Waals surface area contributed by atoms with Gasteiger partial charge in [-0.25, -0.2) is 4.98 Å². The Labute approximate surface area is 188 Å². The van der Waals surface area contributed by atoms with Crippen LogP contribution >= 0.6 is 0 Å². The number of carbonyl (C=O) groups excluding carboxylic acids is 1. The van der Waals surface area contributed by atoms with Crippen molar-refractivity contribution in [1.82, 2.24) is 14.9 Å². The number of amides is 1. The molecule has 0 atom stereocenters. The number of benzene rings is 3. The first-order chi connectivity index (χ1) is 15.7. The van der Waals surface area contributed by atoms with Crippen molar-refractivity contribution in [2.75, 3.05) is 24.5 Å². The van der Waals surface area contributed by atoms with Crippen LogP contribution in [0.25, 0.3) is 11.0 Å². The molecule has 2 heterocycles. The fourth-order valence-corrected chi connectivity index (χ4v) is 4.55. The number of H-pyrrole nitrogens is 1.